The van der Waals surface area contributed by atoms with Crippen molar-refractivity contribution in [3.63, 3.8) is 0 Å². The van der Waals surface area contributed by atoms with Gasteiger partial charge in [0.15, 0.2) is 11.5 Å². The highest BCUT2D eigenvalue weighted by Gasteiger charge is 2.29. The molecule has 2 amide bonds. The van der Waals surface area contributed by atoms with Gasteiger partial charge in [0.25, 0.3) is 0 Å². The van der Waals surface area contributed by atoms with Crippen LogP contribution in [0.4, 0.5) is 10.5 Å². The van der Waals surface area contributed by atoms with Gasteiger partial charge in [0.05, 0.1) is 25.9 Å². The van der Waals surface area contributed by atoms with E-state index in [1.165, 1.54) is 12.8 Å². The molecule has 6 nitrogen and oxygen atoms in total. The third-order valence-corrected chi connectivity index (χ3v) is 6.21. The number of hydrogen-bond donors (Lipinski definition) is 1. The SMILES string of the molecule is COc1cccc(NC(=O)N2CCCSCC2CN2CCCC2)c1OC. The van der Waals surface area contributed by atoms with Gasteiger partial charge in [0.1, 0.15) is 0 Å². The number of ether oxygens (including phenoxy) is 2. The Morgan fingerprint density at radius 2 is 2.00 bits per heavy atom. The lowest BCUT2D eigenvalue weighted by Gasteiger charge is -2.32. The number of nitrogens with one attached hydrogen (secondary N) is 1. The summed E-state index contributed by atoms with van der Waals surface area (Å²) < 4.78 is 10.8. The molecule has 2 heterocycles. The summed E-state index contributed by atoms with van der Waals surface area (Å²) in [7, 11) is 3.19. The lowest BCUT2D eigenvalue weighted by molar-refractivity contribution is 0.173. The molecule has 0 radical (unpaired) electrons. The highest BCUT2D eigenvalue weighted by Crippen LogP contribution is 2.35. The predicted octanol–water partition coefficient (Wildman–Crippen LogP) is 3.14. The van der Waals surface area contributed by atoms with Gasteiger partial charge < -0.3 is 24.6 Å². The minimum Gasteiger partial charge on any atom is -0.493 e. The van der Waals surface area contributed by atoms with Gasteiger partial charge in [-0.1, -0.05) is 6.07 Å². The van der Waals surface area contributed by atoms with Crippen molar-refractivity contribution in [3.05, 3.63) is 18.2 Å². The summed E-state index contributed by atoms with van der Waals surface area (Å²) >= 11 is 1.96. The molecule has 0 bridgehead atoms. The van der Waals surface area contributed by atoms with Crippen LogP contribution in [0, 0.1) is 0 Å². The minimum absolute atomic E-state index is 0.0525. The van der Waals surface area contributed by atoms with Gasteiger partial charge in [0, 0.05) is 18.8 Å². The number of carbonyl (C=O) groups excluding carboxylic acids is 1. The fourth-order valence-corrected chi connectivity index (χ4v) is 4.74. The predicted molar refractivity (Wildman–Crippen MR) is 107 cm³/mol. The number of benzene rings is 1. The van der Waals surface area contributed by atoms with Crippen LogP contribution in [0.2, 0.25) is 0 Å². The zero-order chi connectivity index (χ0) is 18.4. The van der Waals surface area contributed by atoms with E-state index in [0.29, 0.717) is 17.2 Å². The Hall–Kier alpha value is -1.60. The summed E-state index contributed by atoms with van der Waals surface area (Å²) in [6.07, 6.45) is 3.57. The molecule has 0 saturated carbocycles. The Morgan fingerprint density at radius 1 is 1.19 bits per heavy atom. The number of methoxy groups -OCH3 is 2. The number of anilines is 1. The molecule has 0 spiro atoms. The molecule has 1 unspecified atom stereocenters. The molecule has 1 aromatic carbocycles. The van der Waals surface area contributed by atoms with Crippen molar-refractivity contribution in [1.82, 2.24) is 9.80 Å². The maximum absolute atomic E-state index is 13.1. The summed E-state index contributed by atoms with van der Waals surface area (Å²) in [5.74, 6) is 3.29. The first-order valence-electron chi connectivity index (χ1n) is 9.31. The number of thioether (sulfide) groups is 1. The average Bonchev–Trinajstić information content (AvgIpc) is 3.05. The Kier molecular flexibility index (Phi) is 6.91. The van der Waals surface area contributed by atoms with Crippen LogP contribution in [0.3, 0.4) is 0 Å². The number of para-hydroxylation sites is 1. The summed E-state index contributed by atoms with van der Waals surface area (Å²) in [5.41, 5.74) is 0.647. The number of carbonyl (C=O) groups is 1. The molecule has 2 saturated heterocycles. The number of hydrogen-bond acceptors (Lipinski definition) is 5. The highest BCUT2D eigenvalue weighted by atomic mass is 32.2. The van der Waals surface area contributed by atoms with E-state index in [0.717, 1.165) is 44.1 Å². The monoisotopic (exact) mass is 379 g/mol. The van der Waals surface area contributed by atoms with Gasteiger partial charge in [-0.25, -0.2) is 4.79 Å². The number of rotatable bonds is 5. The quantitative estimate of drug-likeness (QED) is 0.852. The lowest BCUT2D eigenvalue weighted by atomic mass is 10.2. The van der Waals surface area contributed by atoms with E-state index in [1.54, 1.807) is 14.2 Å². The molecular weight excluding hydrogens is 350 g/mol. The minimum atomic E-state index is -0.0525. The molecule has 7 heteroatoms. The standard InChI is InChI=1S/C19H29N3O3S/c1-24-17-8-5-7-16(18(17)25-2)20-19(23)22-11-6-12-26-14-15(22)13-21-9-3-4-10-21/h5,7-8,15H,3-4,6,9-14H2,1-2H3,(H,20,23). The summed E-state index contributed by atoms with van der Waals surface area (Å²) in [5, 5.41) is 3.04. The molecule has 1 aromatic rings. The number of likely N-dealkylation sites (tertiary alicyclic amines) is 1. The molecule has 0 aliphatic carbocycles. The van der Waals surface area contributed by atoms with Crippen LogP contribution in [-0.2, 0) is 0 Å². The topological polar surface area (TPSA) is 54.0 Å². The molecule has 26 heavy (non-hydrogen) atoms. The number of urea groups is 1. The van der Waals surface area contributed by atoms with Crippen molar-refractivity contribution < 1.29 is 14.3 Å². The molecular formula is C19H29N3O3S. The van der Waals surface area contributed by atoms with E-state index in [-0.39, 0.29) is 12.1 Å². The molecule has 2 fully saturated rings. The van der Waals surface area contributed by atoms with Crippen LogP contribution in [0.5, 0.6) is 11.5 Å². The van der Waals surface area contributed by atoms with E-state index in [1.807, 2.05) is 34.9 Å². The van der Waals surface area contributed by atoms with Crippen LogP contribution in [0.15, 0.2) is 18.2 Å². The fourth-order valence-electron chi connectivity index (χ4n) is 3.68. The Balaban J connectivity index is 1.73. The Bertz CT molecular complexity index is 608. The van der Waals surface area contributed by atoms with Gasteiger partial charge in [-0.2, -0.15) is 11.8 Å². The van der Waals surface area contributed by atoms with Crippen molar-refractivity contribution >= 4 is 23.5 Å². The van der Waals surface area contributed by atoms with E-state index in [2.05, 4.69) is 10.2 Å². The van der Waals surface area contributed by atoms with Crippen molar-refractivity contribution in [2.24, 2.45) is 0 Å². The molecule has 3 rings (SSSR count). The van der Waals surface area contributed by atoms with Gasteiger partial charge >= 0.3 is 6.03 Å². The molecule has 0 aromatic heterocycles. The van der Waals surface area contributed by atoms with E-state index in [9.17, 15) is 4.79 Å². The van der Waals surface area contributed by atoms with Gasteiger partial charge in [0.2, 0.25) is 0 Å². The second-order valence-electron chi connectivity index (χ2n) is 6.75. The van der Waals surface area contributed by atoms with E-state index >= 15 is 0 Å². The molecule has 1 N–H and O–H groups in total. The second kappa shape index (κ2) is 9.37. The molecule has 2 aliphatic rings. The maximum Gasteiger partial charge on any atom is 0.322 e. The van der Waals surface area contributed by atoms with Crippen molar-refractivity contribution in [3.8, 4) is 11.5 Å². The zero-order valence-electron chi connectivity index (χ0n) is 15.7. The van der Waals surface area contributed by atoms with Crippen LogP contribution in [0.1, 0.15) is 19.3 Å². The van der Waals surface area contributed by atoms with Gasteiger partial charge in [-0.3, -0.25) is 0 Å². The summed E-state index contributed by atoms with van der Waals surface area (Å²) in [4.78, 5) is 17.6. The smallest absolute Gasteiger partial charge is 0.322 e. The number of nitrogens with zero attached hydrogens (tertiary/aromatic N) is 2. The average molecular weight is 380 g/mol. The first-order valence-corrected chi connectivity index (χ1v) is 10.5. The van der Waals surface area contributed by atoms with E-state index in [4.69, 9.17) is 9.47 Å². The second-order valence-corrected chi connectivity index (χ2v) is 7.90. The van der Waals surface area contributed by atoms with Crippen LogP contribution in [-0.4, -0.2) is 73.8 Å². The van der Waals surface area contributed by atoms with Crippen molar-refractivity contribution in [2.75, 3.05) is 57.2 Å². The lowest BCUT2D eigenvalue weighted by Crippen LogP contribution is -2.49. The van der Waals surface area contributed by atoms with Crippen LogP contribution < -0.4 is 14.8 Å². The van der Waals surface area contributed by atoms with Crippen LogP contribution in [0.25, 0.3) is 0 Å². The Morgan fingerprint density at radius 3 is 2.73 bits per heavy atom. The summed E-state index contributed by atoms with van der Waals surface area (Å²) in [6.45, 7) is 4.07. The fraction of sp³-hybridized carbons (Fsp3) is 0.632. The largest absolute Gasteiger partial charge is 0.493 e. The molecule has 1 atom stereocenters. The summed E-state index contributed by atoms with van der Waals surface area (Å²) in [6, 6.07) is 5.73. The first kappa shape index (κ1) is 19.2. The van der Waals surface area contributed by atoms with E-state index < -0.39 is 0 Å². The zero-order valence-corrected chi connectivity index (χ0v) is 16.5. The van der Waals surface area contributed by atoms with Gasteiger partial charge in [-0.05, 0) is 50.2 Å². The Labute approximate surface area is 160 Å². The number of amides is 2. The van der Waals surface area contributed by atoms with Crippen LogP contribution >= 0.6 is 11.8 Å². The third kappa shape index (κ3) is 4.57. The van der Waals surface area contributed by atoms with Crippen molar-refractivity contribution in [1.29, 1.82) is 0 Å². The highest BCUT2D eigenvalue weighted by molar-refractivity contribution is 7.99. The first-order chi connectivity index (χ1) is 12.7. The molecule has 2 aliphatic heterocycles. The normalized spacial score (nSPS) is 21.3. The molecule has 144 valence electrons. The third-order valence-electron chi connectivity index (χ3n) is 5.01. The van der Waals surface area contributed by atoms with Crippen molar-refractivity contribution in [2.45, 2.75) is 25.3 Å². The maximum atomic E-state index is 13.1. The van der Waals surface area contributed by atoms with Gasteiger partial charge in [-0.15, -0.1) is 0 Å².